The van der Waals surface area contributed by atoms with Gasteiger partial charge in [0.1, 0.15) is 17.9 Å². The van der Waals surface area contributed by atoms with Crippen molar-refractivity contribution in [3.05, 3.63) is 71.6 Å². The molecular weight excluding hydrogens is 829 g/mol. The van der Waals surface area contributed by atoms with Gasteiger partial charge in [-0.3, -0.25) is 0 Å². The number of amides is 2. The van der Waals surface area contributed by atoms with Crippen LogP contribution < -0.4 is 30.6 Å². The predicted octanol–water partition coefficient (Wildman–Crippen LogP) is 11.4. The Morgan fingerprint density at radius 2 is 1.39 bits per heavy atom. The van der Waals surface area contributed by atoms with Gasteiger partial charge in [-0.1, -0.05) is 128 Å². The average Bonchev–Trinajstić information content (AvgIpc) is 3.34. The molecule has 4 aliphatic rings. The van der Waals surface area contributed by atoms with Crippen molar-refractivity contribution in [2.24, 2.45) is 0 Å². The minimum Gasteiger partial charge on any atom is -0.545 e. The van der Waals surface area contributed by atoms with E-state index in [9.17, 15) is 19.5 Å². The normalized spacial score (nSPS) is 17.2. The molecule has 66 heavy (non-hydrogen) atoms. The zero-order valence-corrected chi connectivity index (χ0v) is 40.2. The van der Waals surface area contributed by atoms with Crippen molar-refractivity contribution in [2.45, 2.75) is 173 Å². The van der Waals surface area contributed by atoms with Crippen molar-refractivity contribution < 1.29 is 33.4 Å². The van der Waals surface area contributed by atoms with Gasteiger partial charge in [0, 0.05) is 91.8 Å². The predicted molar refractivity (Wildman–Crippen MR) is 264 cm³/mol. The molecule has 0 saturated carbocycles. The van der Waals surface area contributed by atoms with E-state index in [1.807, 2.05) is 24.3 Å². The van der Waals surface area contributed by atoms with Crippen LogP contribution in [-0.4, -0.2) is 70.1 Å². The standard InChI is InChI=1S/C55H78N4O7/c1-3-4-5-6-7-8-9-10-11-12-13-14-15-16-17-22-35-57-55(63)65-39-34-43-26-21-24-37-59(43)45-30-32-49-51(41-45)66-50-40-44(58-36-23-20-25-42(58)33-38-64-54(62)56-2)29-31-48(50)52(49)46-27-18-19-28-47(46)53(60)61/h18-19,27-32,40-43H,3-17,20-26,33-39H2,1-2H3,(H2-,56,57,60,61,62,63). The molecule has 360 valence electrons. The van der Waals surface area contributed by atoms with Gasteiger partial charge in [-0.15, -0.1) is 0 Å². The van der Waals surface area contributed by atoms with Crippen LogP contribution in [0.25, 0.3) is 33.4 Å². The number of hydrogen-bond donors (Lipinski definition) is 2. The van der Waals surface area contributed by atoms with Crippen molar-refractivity contribution in [1.82, 2.24) is 15.2 Å². The van der Waals surface area contributed by atoms with E-state index in [0.717, 1.165) is 98.4 Å². The lowest BCUT2D eigenvalue weighted by atomic mass is 9.90. The van der Waals surface area contributed by atoms with Crippen molar-refractivity contribution >= 4 is 34.8 Å². The number of benzene rings is 3. The Morgan fingerprint density at radius 1 is 0.727 bits per heavy atom. The first-order valence-corrected chi connectivity index (χ1v) is 25.8. The third-order valence-corrected chi connectivity index (χ3v) is 13.9. The van der Waals surface area contributed by atoms with E-state index in [1.54, 1.807) is 19.2 Å². The first-order valence-electron chi connectivity index (χ1n) is 25.8. The molecule has 11 nitrogen and oxygen atoms in total. The maximum absolute atomic E-state index is 12.7. The molecule has 2 unspecified atom stereocenters. The van der Waals surface area contributed by atoms with Crippen LogP contribution in [0.15, 0.2) is 65.1 Å². The van der Waals surface area contributed by atoms with Crippen LogP contribution in [0.3, 0.4) is 0 Å². The lowest BCUT2D eigenvalue weighted by molar-refractivity contribution is -0.254. The maximum Gasteiger partial charge on any atom is 0.407 e. The second-order valence-electron chi connectivity index (χ2n) is 18.7. The van der Waals surface area contributed by atoms with Crippen molar-refractivity contribution in [3.8, 4) is 22.5 Å². The summed E-state index contributed by atoms with van der Waals surface area (Å²) < 4.78 is 20.3. The Kier molecular flexibility index (Phi) is 21.0. The summed E-state index contributed by atoms with van der Waals surface area (Å²) in [5, 5.41) is 19.8. The van der Waals surface area contributed by atoms with Crippen LogP contribution in [0.4, 0.5) is 15.3 Å². The Morgan fingerprint density at radius 3 is 2.11 bits per heavy atom. The van der Waals surface area contributed by atoms with Gasteiger partial charge in [0.2, 0.25) is 5.36 Å². The van der Waals surface area contributed by atoms with Crippen LogP contribution in [0.2, 0.25) is 0 Å². The fourth-order valence-electron chi connectivity index (χ4n) is 10.2. The number of piperidine rings is 2. The summed E-state index contributed by atoms with van der Waals surface area (Å²) >= 11 is 0. The number of carboxylic acids is 1. The quantitative estimate of drug-likeness (QED) is 0.0361. The number of hydrogen-bond acceptors (Lipinski definition) is 8. The van der Waals surface area contributed by atoms with Crippen molar-refractivity contribution in [2.75, 3.05) is 44.8 Å². The number of carbonyl (C=O) groups excluding carboxylic acids is 3. The minimum atomic E-state index is -1.23. The SMILES string of the molecule is CCCCCCCCCCCCCCCCCCNC(=O)OCCC1CCCCN1c1ccc2c(-c3ccccc3C(=O)[O-])c3ccc(=[N+]4CCCCC4CCOC(=O)NC)cc-3oc2c1. The number of unbranched alkanes of at least 4 members (excludes halogenated alkanes) is 15. The second-order valence-corrected chi connectivity index (χ2v) is 18.7. The Hall–Kier alpha value is -5.06. The van der Waals surface area contributed by atoms with Gasteiger partial charge in [0.15, 0.2) is 6.04 Å². The third-order valence-electron chi connectivity index (χ3n) is 13.9. The number of ether oxygens (including phenoxy) is 2. The number of rotatable bonds is 26. The number of carbonyl (C=O) groups is 3. The number of aromatic carboxylic acids is 1. The van der Waals surface area contributed by atoms with Gasteiger partial charge in [-0.2, -0.15) is 0 Å². The highest BCUT2D eigenvalue weighted by molar-refractivity contribution is 6.07. The van der Waals surface area contributed by atoms with E-state index in [1.165, 1.54) is 89.9 Å². The molecule has 0 aromatic heterocycles. The number of carboxylic acid groups (broad SMARTS) is 1. The lowest BCUT2D eigenvalue weighted by Crippen LogP contribution is -2.43. The summed E-state index contributed by atoms with van der Waals surface area (Å²) in [5.41, 5.74) is 3.97. The Balaban J connectivity index is 1.05. The molecule has 2 aromatic rings. The maximum atomic E-state index is 12.7. The van der Waals surface area contributed by atoms with Crippen LogP contribution in [-0.2, 0) is 9.47 Å². The molecule has 3 aliphatic heterocycles. The van der Waals surface area contributed by atoms with Crippen LogP contribution in [0.1, 0.15) is 171 Å². The number of fused-ring (bicyclic) bond motifs is 2. The Bertz CT molecular complexity index is 2170. The fraction of sp³-hybridized carbons (Fsp3) is 0.600. The minimum absolute atomic E-state index is 0.122. The molecule has 3 heterocycles. The number of nitrogens with zero attached hydrogens (tertiary/aromatic N) is 2. The number of alkyl carbamates (subject to hydrolysis) is 2. The summed E-state index contributed by atoms with van der Waals surface area (Å²) in [4.78, 5) is 39.4. The van der Waals surface area contributed by atoms with Crippen LogP contribution in [0.5, 0.6) is 0 Å². The van der Waals surface area contributed by atoms with Crippen LogP contribution in [0, 0.1) is 0 Å². The Labute approximate surface area is 394 Å². The molecule has 0 radical (unpaired) electrons. The van der Waals surface area contributed by atoms with Gasteiger partial charge in [0.05, 0.1) is 25.2 Å². The van der Waals surface area contributed by atoms with Gasteiger partial charge in [-0.05, 0) is 55.9 Å². The molecule has 11 heteroatoms. The first-order chi connectivity index (χ1) is 32.4. The molecule has 1 aliphatic carbocycles. The fourth-order valence-corrected chi connectivity index (χ4v) is 10.2. The number of nitrogens with one attached hydrogen (secondary N) is 2. The molecular formula is C55H78N4O7. The summed E-state index contributed by atoms with van der Waals surface area (Å²) in [6.45, 7) is 5.34. The average molecular weight is 907 g/mol. The van der Waals surface area contributed by atoms with Gasteiger partial charge in [0.25, 0.3) is 0 Å². The molecule has 2 atom stereocenters. The molecule has 2 amide bonds. The lowest BCUT2D eigenvalue weighted by Gasteiger charge is -2.37. The summed E-state index contributed by atoms with van der Waals surface area (Å²) in [5.74, 6) is -0.580. The molecule has 2 aromatic carbocycles. The molecule has 6 rings (SSSR count). The van der Waals surface area contributed by atoms with Gasteiger partial charge < -0.3 is 39.3 Å². The van der Waals surface area contributed by atoms with E-state index in [2.05, 4.69) is 51.3 Å². The number of anilines is 1. The van der Waals surface area contributed by atoms with E-state index in [0.29, 0.717) is 43.1 Å². The largest absolute Gasteiger partial charge is 0.545 e. The summed E-state index contributed by atoms with van der Waals surface area (Å²) in [6.07, 6.45) is 28.1. The third kappa shape index (κ3) is 15.0. The molecule has 0 spiro atoms. The van der Waals surface area contributed by atoms with E-state index in [4.69, 9.17) is 13.9 Å². The topological polar surface area (TPSA) is 136 Å². The first kappa shape index (κ1) is 50.4. The molecule has 2 saturated heterocycles. The molecule has 0 bridgehead atoms. The summed E-state index contributed by atoms with van der Waals surface area (Å²) in [7, 11) is 1.56. The second kappa shape index (κ2) is 27.5. The van der Waals surface area contributed by atoms with Gasteiger partial charge in [-0.25, -0.2) is 14.2 Å². The summed E-state index contributed by atoms with van der Waals surface area (Å²) in [6, 6.07) is 19.8. The highest BCUT2D eigenvalue weighted by Crippen LogP contribution is 2.42. The van der Waals surface area contributed by atoms with E-state index in [-0.39, 0.29) is 23.7 Å². The van der Waals surface area contributed by atoms with Crippen molar-refractivity contribution in [1.29, 1.82) is 0 Å². The van der Waals surface area contributed by atoms with Crippen molar-refractivity contribution in [3.63, 3.8) is 0 Å². The van der Waals surface area contributed by atoms with E-state index >= 15 is 0 Å². The van der Waals surface area contributed by atoms with E-state index < -0.39 is 12.1 Å². The van der Waals surface area contributed by atoms with Crippen LogP contribution >= 0.6 is 0 Å². The molecule has 2 fully saturated rings. The van der Waals surface area contributed by atoms with Gasteiger partial charge >= 0.3 is 12.2 Å². The highest BCUT2D eigenvalue weighted by Gasteiger charge is 2.29. The zero-order chi connectivity index (χ0) is 46.4. The highest BCUT2D eigenvalue weighted by atomic mass is 16.6. The molecule has 2 N–H and O–H groups in total. The zero-order valence-electron chi connectivity index (χ0n) is 40.2. The monoisotopic (exact) mass is 907 g/mol. The smallest absolute Gasteiger partial charge is 0.407 e.